The summed E-state index contributed by atoms with van der Waals surface area (Å²) < 4.78 is 68.3. The lowest BCUT2D eigenvalue weighted by molar-refractivity contribution is 0.0726. The van der Waals surface area contributed by atoms with E-state index >= 15 is 0 Å². The highest BCUT2D eigenvalue weighted by molar-refractivity contribution is 5.91. The van der Waals surface area contributed by atoms with Gasteiger partial charge < -0.3 is 14.6 Å². The molecule has 0 bridgehead atoms. The van der Waals surface area contributed by atoms with E-state index in [2.05, 4.69) is 0 Å². The van der Waals surface area contributed by atoms with Crippen LogP contribution in [0.15, 0.2) is 72.8 Å². The number of ether oxygens (including phenoxy) is 2. The van der Waals surface area contributed by atoms with Crippen LogP contribution in [-0.4, -0.2) is 17.7 Å². The van der Waals surface area contributed by atoms with E-state index < -0.39 is 35.0 Å². The molecule has 8 heteroatoms. The zero-order chi connectivity index (χ0) is 25.8. The Morgan fingerprint density at radius 2 is 1.28 bits per heavy atom. The fourth-order valence-electron chi connectivity index (χ4n) is 3.56. The highest BCUT2D eigenvalue weighted by Crippen LogP contribution is 2.32. The predicted octanol–water partition coefficient (Wildman–Crippen LogP) is 7.04. The van der Waals surface area contributed by atoms with E-state index in [0.717, 1.165) is 6.07 Å². The van der Waals surface area contributed by atoms with Crippen LogP contribution in [0.3, 0.4) is 0 Å². The summed E-state index contributed by atoms with van der Waals surface area (Å²) in [7, 11) is 0. The molecule has 0 aromatic heterocycles. The first kappa shape index (κ1) is 24.9. The molecule has 4 aromatic rings. The molecule has 4 rings (SSSR count). The van der Waals surface area contributed by atoms with Crippen molar-refractivity contribution in [3.63, 3.8) is 0 Å². The third-order valence-electron chi connectivity index (χ3n) is 5.48. The van der Waals surface area contributed by atoms with Crippen LogP contribution in [0.2, 0.25) is 0 Å². The maximum absolute atomic E-state index is 14.6. The van der Waals surface area contributed by atoms with E-state index in [0.29, 0.717) is 17.7 Å². The number of phenolic OH excluding ortho intramolecular Hbond substituents is 1. The number of phenols is 1. The molecule has 0 unspecified atom stereocenters. The van der Waals surface area contributed by atoms with E-state index in [1.807, 2.05) is 0 Å². The zero-order valence-corrected chi connectivity index (χ0v) is 19.0. The normalized spacial score (nSPS) is 10.9. The molecule has 0 aliphatic heterocycles. The Hall–Kier alpha value is -4.17. The number of hydrogen-bond acceptors (Lipinski definition) is 4. The minimum Gasteiger partial charge on any atom is -0.508 e. The van der Waals surface area contributed by atoms with Crippen molar-refractivity contribution < 1.29 is 36.9 Å². The lowest BCUT2D eigenvalue weighted by Gasteiger charge is -2.11. The highest BCUT2D eigenvalue weighted by Gasteiger charge is 2.20. The van der Waals surface area contributed by atoms with Gasteiger partial charge in [0.1, 0.15) is 5.75 Å². The Bertz CT molecular complexity index is 1400. The summed E-state index contributed by atoms with van der Waals surface area (Å²) in [5.41, 5.74) is 0.636. The van der Waals surface area contributed by atoms with Gasteiger partial charge >= 0.3 is 5.97 Å². The fourth-order valence-corrected chi connectivity index (χ4v) is 3.56. The Morgan fingerprint density at radius 3 is 1.89 bits per heavy atom. The second-order valence-corrected chi connectivity index (χ2v) is 7.79. The van der Waals surface area contributed by atoms with Gasteiger partial charge in [-0.25, -0.2) is 18.0 Å². The van der Waals surface area contributed by atoms with Gasteiger partial charge in [0.25, 0.3) is 0 Å². The van der Waals surface area contributed by atoms with Gasteiger partial charge in [0.2, 0.25) is 5.82 Å². The Balaban J connectivity index is 1.52. The minimum atomic E-state index is -1.35. The predicted molar refractivity (Wildman–Crippen MR) is 126 cm³/mol. The van der Waals surface area contributed by atoms with Crippen LogP contribution in [0.1, 0.15) is 22.8 Å². The quantitative estimate of drug-likeness (QED) is 0.169. The summed E-state index contributed by atoms with van der Waals surface area (Å²) in [5, 5.41) is 9.36. The van der Waals surface area contributed by atoms with Crippen molar-refractivity contribution in [2.45, 2.75) is 13.5 Å². The maximum Gasteiger partial charge on any atom is 0.343 e. The van der Waals surface area contributed by atoms with E-state index in [4.69, 9.17) is 9.47 Å². The number of carbonyl (C=O) groups is 1. The molecule has 0 aliphatic carbocycles. The van der Waals surface area contributed by atoms with Gasteiger partial charge in [-0.05, 0) is 54.4 Å². The largest absolute Gasteiger partial charge is 0.508 e. The van der Waals surface area contributed by atoms with Crippen molar-refractivity contribution in [3.8, 4) is 33.8 Å². The number of aromatic hydroxyl groups is 1. The standard InChI is InChI=1S/C28H20F4O4/c1-2-35-15-19-9-12-21(25(30)24(19)29)16-3-5-18(6-4-16)28(34)36-23-14-13-22(26(31)27(23)32)17-7-10-20(33)11-8-17/h3-14,33H,2,15H2,1H3. The Morgan fingerprint density at radius 1 is 0.722 bits per heavy atom. The molecule has 0 saturated carbocycles. The van der Waals surface area contributed by atoms with Crippen LogP contribution < -0.4 is 4.74 Å². The lowest BCUT2D eigenvalue weighted by Crippen LogP contribution is -2.10. The van der Waals surface area contributed by atoms with Crippen LogP contribution in [0.5, 0.6) is 11.5 Å². The highest BCUT2D eigenvalue weighted by atomic mass is 19.2. The number of rotatable bonds is 7. The van der Waals surface area contributed by atoms with Crippen molar-refractivity contribution in [2.75, 3.05) is 6.61 Å². The van der Waals surface area contributed by atoms with Crippen molar-refractivity contribution >= 4 is 5.97 Å². The van der Waals surface area contributed by atoms with Gasteiger partial charge in [0, 0.05) is 23.3 Å². The Labute approximate surface area is 204 Å². The van der Waals surface area contributed by atoms with Crippen LogP contribution in [0.25, 0.3) is 22.3 Å². The molecule has 1 N–H and O–H groups in total. The average Bonchev–Trinajstić information content (AvgIpc) is 2.88. The number of halogens is 4. The molecule has 0 saturated heterocycles. The first-order chi connectivity index (χ1) is 17.3. The van der Waals surface area contributed by atoms with Crippen molar-refractivity contribution in [1.82, 2.24) is 0 Å². The van der Waals surface area contributed by atoms with Gasteiger partial charge in [-0.1, -0.05) is 36.4 Å². The third kappa shape index (κ3) is 5.08. The molecule has 0 amide bonds. The van der Waals surface area contributed by atoms with Gasteiger partial charge in [0.05, 0.1) is 12.2 Å². The third-order valence-corrected chi connectivity index (χ3v) is 5.48. The zero-order valence-electron chi connectivity index (χ0n) is 19.0. The fraction of sp³-hybridized carbons (Fsp3) is 0.107. The van der Waals surface area contributed by atoms with Crippen LogP contribution in [0.4, 0.5) is 17.6 Å². The van der Waals surface area contributed by atoms with E-state index in [1.54, 1.807) is 6.92 Å². The number of benzene rings is 4. The topological polar surface area (TPSA) is 55.8 Å². The molecule has 4 nitrogen and oxygen atoms in total. The molecular formula is C28H20F4O4. The van der Waals surface area contributed by atoms with E-state index in [1.165, 1.54) is 66.7 Å². The average molecular weight is 496 g/mol. The summed E-state index contributed by atoms with van der Waals surface area (Å²) >= 11 is 0. The molecule has 184 valence electrons. The molecule has 0 fully saturated rings. The molecule has 0 atom stereocenters. The van der Waals surface area contributed by atoms with E-state index in [-0.39, 0.29) is 34.6 Å². The molecule has 0 spiro atoms. The summed E-state index contributed by atoms with van der Waals surface area (Å²) in [6.45, 7) is 2.05. The second-order valence-electron chi connectivity index (χ2n) is 7.79. The second kappa shape index (κ2) is 10.6. The first-order valence-electron chi connectivity index (χ1n) is 10.9. The molecule has 36 heavy (non-hydrogen) atoms. The molecular weight excluding hydrogens is 476 g/mol. The maximum atomic E-state index is 14.6. The first-order valence-corrected chi connectivity index (χ1v) is 10.9. The molecule has 4 aromatic carbocycles. The SMILES string of the molecule is CCOCc1ccc(-c2ccc(C(=O)Oc3ccc(-c4ccc(O)cc4)c(F)c3F)cc2)c(F)c1F. The van der Waals surface area contributed by atoms with Gasteiger partial charge in [-0.2, -0.15) is 4.39 Å². The number of esters is 1. The van der Waals surface area contributed by atoms with Gasteiger partial charge in [0.15, 0.2) is 23.2 Å². The summed E-state index contributed by atoms with van der Waals surface area (Å²) in [6, 6.07) is 16.1. The molecule has 0 aliphatic rings. The van der Waals surface area contributed by atoms with Crippen LogP contribution in [0, 0.1) is 23.3 Å². The summed E-state index contributed by atoms with van der Waals surface area (Å²) in [6.07, 6.45) is 0. The number of hydrogen-bond donors (Lipinski definition) is 1. The monoisotopic (exact) mass is 496 g/mol. The minimum absolute atomic E-state index is 0.00462. The van der Waals surface area contributed by atoms with Crippen molar-refractivity contribution in [1.29, 1.82) is 0 Å². The van der Waals surface area contributed by atoms with E-state index in [9.17, 15) is 27.5 Å². The van der Waals surface area contributed by atoms with Crippen LogP contribution in [-0.2, 0) is 11.3 Å². The summed E-state index contributed by atoms with van der Waals surface area (Å²) in [4.78, 5) is 12.5. The van der Waals surface area contributed by atoms with Crippen LogP contribution >= 0.6 is 0 Å². The number of carbonyl (C=O) groups excluding carboxylic acids is 1. The summed E-state index contributed by atoms with van der Waals surface area (Å²) in [5.74, 6) is -6.23. The molecule has 0 heterocycles. The lowest BCUT2D eigenvalue weighted by atomic mass is 10.0. The van der Waals surface area contributed by atoms with Crippen molar-refractivity contribution in [2.24, 2.45) is 0 Å². The molecule has 0 radical (unpaired) electrons. The Kier molecular flexibility index (Phi) is 7.36. The van der Waals surface area contributed by atoms with Gasteiger partial charge in [-0.15, -0.1) is 0 Å². The van der Waals surface area contributed by atoms with Crippen molar-refractivity contribution in [3.05, 3.63) is 107 Å². The smallest absolute Gasteiger partial charge is 0.343 e. The van der Waals surface area contributed by atoms with Gasteiger partial charge in [-0.3, -0.25) is 0 Å².